The number of carbonyl (C=O) groups excluding carboxylic acids is 1. The summed E-state index contributed by atoms with van der Waals surface area (Å²) in [5.74, 6) is 2.62. The fourth-order valence-electron chi connectivity index (χ4n) is 3.62. The molecule has 2 aromatic rings. The molecular formula is C18H23N3O3S. The molecule has 2 aromatic heterocycles. The van der Waals surface area contributed by atoms with Gasteiger partial charge in [0.15, 0.2) is 5.82 Å². The van der Waals surface area contributed by atoms with E-state index >= 15 is 0 Å². The van der Waals surface area contributed by atoms with E-state index in [9.17, 15) is 4.79 Å². The van der Waals surface area contributed by atoms with Crippen LogP contribution in [0.3, 0.4) is 0 Å². The Labute approximate surface area is 151 Å². The molecule has 2 fully saturated rings. The van der Waals surface area contributed by atoms with Crippen LogP contribution in [0.4, 0.5) is 0 Å². The van der Waals surface area contributed by atoms with Crippen molar-refractivity contribution in [1.82, 2.24) is 15.0 Å². The third-order valence-corrected chi connectivity index (χ3v) is 6.03. The number of hydrogen-bond donors (Lipinski definition) is 0. The minimum atomic E-state index is 0.160. The third kappa shape index (κ3) is 3.93. The summed E-state index contributed by atoms with van der Waals surface area (Å²) in [6.45, 7) is 3.18. The van der Waals surface area contributed by atoms with Gasteiger partial charge in [-0.25, -0.2) is 0 Å². The van der Waals surface area contributed by atoms with E-state index in [1.54, 1.807) is 0 Å². The fourth-order valence-corrected chi connectivity index (χ4v) is 4.31. The molecule has 0 unspecified atom stereocenters. The summed E-state index contributed by atoms with van der Waals surface area (Å²) in [6, 6.07) is 3.83. The Morgan fingerprint density at radius 3 is 2.76 bits per heavy atom. The highest BCUT2D eigenvalue weighted by Crippen LogP contribution is 2.27. The van der Waals surface area contributed by atoms with Crippen LogP contribution in [-0.4, -0.2) is 47.3 Å². The van der Waals surface area contributed by atoms with E-state index in [0.717, 1.165) is 75.0 Å². The van der Waals surface area contributed by atoms with Crippen LogP contribution >= 0.6 is 11.3 Å². The number of aromatic nitrogens is 2. The second-order valence-electron chi connectivity index (χ2n) is 6.85. The average Bonchev–Trinajstić information content (AvgIpc) is 3.35. The zero-order chi connectivity index (χ0) is 17.1. The molecule has 2 saturated heterocycles. The highest BCUT2D eigenvalue weighted by molar-refractivity contribution is 7.12. The fraction of sp³-hybridized carbons (Fsp3) is 0.611. The number of nitrogens with zero attached hydrogens (tertiary/aromatic N) is 3. The molecule has 0 aliphatic carbocycles. The molecule has 0 bridgehead atoms. The van der Waals surface area contributed by atoms with Crippen LogP contribution in [0.25, 0.3) is 0 Å². The van der Waals surface area contributed by atoms with Crippen molar-refractivity contribution in [2.75, 3.05) is 26.3 Å². The first-order valence-corrected chi connectivity index (χ1v) is 9.90. The molecule has 25 heavy (non-hydrogen) atoms. The molecule has 0 atom stereocenters. The van der Waals surface area contributed by atoms with E-state index in [-0.39, 0.29) is 5.91 Å². The minimum Gasteiger partial charge on any atom is -0.381 e. The topological polar surface area (TPSA) is 68.5 Å². The molecule has 1 amide bonds. The van der Waals surface area contributed by atoms with Crippen molar-refractivity contribution in [3.63, 3.8) is 0 Å². The van der Waals surface area contributed by atoms with Crippen LogP contribution in [0.2, 0.25) is 0 Å². The van der Waals surface area contributed by atoms with E-state index in [1.807, 2.05) is 22.4 Å². The summed E-state index contributed by atoms with van der Waals surface area (Å²) >= 11 is 1.51. The lowest BCUT2D eigenvalue weighted by molar-refractivity contribution is 0.0692. The van der Waals surface area contributed by atoms with E-state index in [4.69, 9.17) is 9.26 Å². The van der Waals surface area contributed by atoms with Gasteiger partial charge in [-0.3, -0.25) is 4.79 Å². The van der Waals surface area contributed by atoms with Crippen LogP contribution in [0.5, 0.6) is 0 Å². The van der Waals surface area contributed by atoms with Crippen molar-refractivity contribution in [2.24, 2.45) is 5.92 Å². The summed E-state index contributed by atoms with van der Waals surface area (Å²) in [6.07, 6.45) is 4.75. The second kappa shape index (κ2) is 7.66. The Morgan fingerprint density at radius 1 is 1.24 bits per heavy atom. The summed E-state index contributed by atoms with van der Waals surface area (Å²) < 4.78 is 10.9. The second-order valence-corrected chi connectivity index (χ2v) is 7.80. The Morgan fingerprint density at radius 2 is 2.04 bits per heavy atom. The van der Waals surface area contributed by atoms with Crippen molar-refractivity contribution in [2.45, 2.75) is 38.0 Å². The van der Waals surface area contributed by atoms with Crippen molar-refractivity contribution in [3.05, 3.63) is 34.1 Å². The predicted octanol–water partition coefficient (Wildman–Crippen LogP) is 3.12. The van der Waals surface area contributed by atoms with Gasteiger partial charge in [-0.05, 0) is 43.0 Å². The summed E-state index contributed by atoms with van der Waals surface area (Å²) in [7, 11) is 0. The van der Waals surface area contributed by atoms with Gasteiger partial charge in [-0.1, -0.05) is 11.2 Å². The molecule has 7 heteroatoms. The van der Waals surface area contributed by atoms with Crippen LogP contribution in [0.1, 0.15) is 53.0 Å². The van der Waals surface area contributed by atoms with Crippen LogP contribution < -0.4 is 0 Å². The number of piperidine rings is 1. The maximum atomic E-state index is 12.4. The van der Waals surface area contributed by atoms with E-state index < -0.39 is 0 Å². The number of hydrogen-bond acceptors (Lipinski definition) is 6. The Kier molecular flexibility index (Phi) is 5.12. The molecule has 0 N–H and O–H groups in total. The first-order valence-electron chi connectivity index (χ1n) is 9.02. The maximum Gasteiger partial charge on any atom is 0.263 e. The number of rotatable bonds is 4. The van der Waals surface area contributed by atoms with Crippen molar-refractivity contribution >= 4 is 17.2 Å². The molecule has 0 saturated carbocycles. The Balaban J connectivity index is 1.28. The lowest BCUT2D eigenvalue weighted by atomic mass is 9.93. The molecule has 0 spiro atoms. The summed E-state index contributed by atoms with van der Waals surface area (Å²) in [5, 5.41) is 6.13. The van der Waals surface area contributed by atoms with E-state index in [0.29, 0.717) is 11.8 Å². The highest BCUT2D eigenvalue weighted by Gasteiger charge is 2.27. The minimum absolute atomic E-state index is 0.160. The lowest BCUT2D eigenvalue weighted by Crippen LogP contribution is -2.38. The lowest BCUT2D eigenvalue weighted by Gasteiger charge is -2.31. The van der Waals surface area contributed by atoms with Crippen LogP contribution in [-0.2, 0) is 11.2 Å². The zero-order valence-corrected chi connectivity index (χ0v) is 15.0. The van der Waals surface area contributed by atoms with Gasteiger partial charge >= 0.3 is 0 Å². The largest absolute Gasteiger partial charge is 0.381 e. The number of likely N-dealkylation sites (tertiary alicyclic amines) is 1. The smallest absolute Gasteiger partial charge is 0.263 e. The molecule has 2 aliphatic heterocycles. The zero-order valence-electron chi connectivity index (χ0n) is 14.2. The van der Waals surface area contributed by atoms with Gasteiger partial charge < -0.3 is 14.2 Å². The molecule has 0 aromatic carbocycles. The quantitative estimate of drug-likeness (QED) is 0.837. The molecular weight excluding hydrogens is 338 g/mol. The SMILES string of the molecule is O=C(c1cccs1)N1CCC(Cc2nc(C3CCOCC3)no2)CC1. The molecule has 4 rings (SSSR count). The van der Waals surface area contributed by atoms with Gasteiger partial charge in [0.05, 0.1) is 4.88 Å². The third-order valence-electron chi connectivity index (χ3n) is 5.17. The number of carbonyl (C=O) groups is 1. The monoisotopic (exact) mass is 361 g/mol. The molecule has 6 nitrogen and oxygen atoms in total. The average molecular weight is 361 g/mol. The normalized spacial score (nSPS) is 20.1. The van der Waals surface area contributed by atoms with Gasteiger partial charge in [0.1, 0.15) is 0 Å². The molecule has 0 radical (unpaired) electrons. The Bertz CT molecular complexity index is 686. The predicted molar refractivity (Wildman–Crippen MR) is 93.7 cm³/mol. The Hall–Kier alpha value is -1.73. The van der Waals surface area contributed by atoms with Gasteiger partial charge in [-0.15, -0.1) is 11.3 Å². The van der Waals surface area contributed by atoms with Gasteiger partial charge in [0.25, 0.3) is 5.91 Å². The van der Waals surface area contributed by atoms with E-state index in [2.05, 4.69) is 10.1 Å². The first kappa shape index (κ1) is 16.7. The molecule has 4 heterocycles. The number of thiophene rings is 1. The van der Waals surface area contributed by atoms with Gasteiger partial charge in [-0.2, -0.15) is 4.98 Å². The van der Waals surface area contributed by atoms with Crippen molar-refractivity contribution < 1.29 is 14.1 Å². The first-order chi connectivity index (χ1) is 12.3. The van der Waals surface area contributed by atoms with E-state index in [1.165, 1.54) is 11.3 Å². The molecule has 134 valence electrons. The van der Waals surface area contributed by atoms with Gasteiger partial charge in [0.2, 0.25) is 5.89 Å². The summed E-state index contributed by atoms with van der Waals surface area (Å²) in [4.78, 5) is 19.8. The standard InChI is InChI=1S/C18H23N3O3S/c22-18(15-2-1-11-25-15)21-7-3-13(4-8-21)12-16-19-17(20-24-16)14-5-9-23-10-6-14/h1-2,11,13-14H,3-10,12H2. The summed E-state index contributed by atoms with van der Waals surface area (Å²) in [5.41, 5.74) is 0. The van der Waals surface area contributed by atoms with Crippen LogP contribution in [0, 0.1) is 5.92 Å². The van der Waals surface area contributed by atoms with Crippen molar-refractivity contribution in [1.29, 1.82) is 0 Å². The number of amides is 1. The van der Waals surface area contributed by atoms with Crippen LogP contribution in [0.15, 0.2) is 22.0 Å². The number of ether oxygens (including phenoxy) is 1. The maximum absolute atomic E-state index is 12.4. The highest BCUT2D eigenvalue weighted by atomic mass is 32.1. The molecule has 2 aliphatic rings. The van der Waals surface area contributed by atoms with Gasteiger partial charge in [0, 0.05) is 38.6 Å². The van der Waals surface area contributed by atoms with Crippen molar-refractivity contribution in [3.8, 4) is 0 Å².